The van der Waals surface area contributed by atoms with Crippen LogP contribution in [-0.4, -0.2) is 25.6 Å². The standard InChI is InChI=1S/C13H14F2N2O2/c14-5-8(6-16)7-19-11-4-10(15)3-9-1-2-17-13(18)12(9)11/h3-5H,1-2,6-7,16H2,(H,17,18)/b8-5-. The van der Waals surface area contributed by atoms with E-state index in [4.69, 9.17) is 10.5 Å². The number of fused-ring (bicyclic) bond motifs is 1. The molecule has 0 radical (unpaired) electrons. The Bertz CT molecular complexity index is 530. The second-order valence-electron chi connectivity index (χ2n) is 4.20. The van der Waals surface area contributed by atoms with Gasteiger partial charge in [-0.1, -0.05) is 0 Å². The van der Waals surface area contributed by atoms with Crippen molar-refractivity contribution in [3.63, 3.8) is 0 Å². The Kier molecular flexibility index (Phi) is 4.11. The minimum atomic E-state index is -0.484. The quantitative estimate of drug-likeness (QED) is 0.865. The first-order valence-electron chi connectivity index (χ1n) is 5.87. The summed E-state index contributed by atoms with van der Waals surface area (Å²) in [5.41, 5.74) is 6.43. The van der Waals surface area contributed by atoms with Gasteiger partial charge in [-0.05, 0) is 18.1 Å². The zero-order valence-corrected chi connectivity index (χ0v) is 10.2. The van der Waals surface area contributed by atoms with Crippen LogP contribution in [0.5, 0.6) is 5.75 Å². The molecule has 1 heterocycles. The third-order valence-electron chi connectivity index (χ3n) is 2.89. The molecule has 1 amide bonds. The Hall–Kier alpha value is -1.95. The highest BCUT2D eigenvalue weighted by molar-refractivity contribution is 5.99. The number of rotatable bonds is 4. The van der Waals surface area contributed by atoms with Crippen LogP contribution >= 0.6 is 0 Å². The maximum Gasteiger partial charge on any atom is 0.255 e. The van der Waals surface area contributed by atoms with Gasteiger partial charge in [-0.2, -0.15) is 0 Å². The fourth-order valence-electron chi connectivity index (χ4n) is 1.91. The van der Waals surface area contributed by atoms with Gasteiger partial charge in [0.15, 0.2) is 0 Å². The van der Waals surface area contributed by atoms with E-state index in [0.717, 1.165) is 6.07 Å². The first-order chi connectivity index (χ1) is 9.15. The molecule has 1 aliphatic rings. The summed E-state index contributed by atoms with van der Waals surface area (Å²) in [6, 6.07) is 2.44. The molecule has 0 aliphatic carbocycles. The fraction of sp³-hybridized carbons (Fsp3) is 0.308. The van der Waals surface area contributed by atoms with Crippen molar-refractivity contribution in [3.8, 4) is 5.75 Å². The van der Waals surface area contributed by atoms with Crippen LogP contribution in [0, 0.1) is 5.82 Å². The van der Waals surface area contributed by atoms with Gasteiger partial charge in [-0.15, -0.1) is 0 Å². The molecule has 6 heteroatoms. The molecule has 102 valence electrons. The molecular weight excluding hydrogens is 254 g/mol. The topological polar surface area (TPSA) is 64.3 Å². The van der Waals surface area contributed by atoms with Crippen molar-refractivity contribution in [2.45, 2.75) is 6.42 Å². The number of nitrogens with one attached hydrogen (secondary N) is 1. The molecule has 0 saturated heterocycles. The van der Waals surface area contributed by atoms with Crippen molar-refractivity contribution in [1.29, 1.82) is 0 Å². The number of amides is 1. The number of carbonyl (C=O) groups is 1. The summed E-state index contributed by atoms with van der Waals surface area (Å²) in [7, 11) is 0. The number of halogens is 2. The molecule has 1 aromatic rings. The van der Waals surface area contributed by atoms with Gasteiger partial charge in [0.1, 0.15) is 18.2 Å². The Morgan fingerprint density at radius 2 is 2.32 bits per heavy atom. The van der Waals surface area contributed by atoms with Gasteiger partial charge in [0.2, 0.25) is 0 Å². The molecule has 0 fully saturated rings. The second kappa shape index (κ2) is 5.79. The Morgan fingerprint density at radius 3 is 3.00 bits per heavy atom. The van der Waals surface area contributed by atoms with Crippen LogP contribution in [0.3, 0.4) is 0 Å². The van der Waals surface area contributed by atoms with Gasteiger partial charge in [0.05, 0.1) is 11.9 Å². The molecule has 4 nitrogen and oxygen atoms in total. The second-order valence-corrected chi connectivity index (χ2v) is 4.20. The minimum Gasteiger partial charge on any atom is -0.488 e. The molecule has 19 heavy (non-hydrogen) atoms. The number of benzene rings is 1. The third kappa shape index (κ3) is 2.90. The summed E-state index contributed by atoms with van der Waals surface area (Å²) in [4.78, 5) is 11.8. The molecule has 1 aliphatic heterocycles. The summed E-state index contributed by atoms with van der Waals surface area (Å²) >= 11 is 0. The van der Waals surface area contributed by atoms with E-state index in [1.165, 1.54) is 6.07 Å². The number of hydrogen-bond acceptors (Lipinski definition) is 3. The largest absolute Gasteiger partial charge is 0.488 e. The summed E-state index contributed by atoms with van der Waals surface area (Å²) in [5, 5.41) is 2.66. The van der Waals surface area contributed by atoms with Crippen LogP contribution in [0.2, 0.25) is 0 Å². The van der Waals surface area contributed by atoms with E-state index < -0.39 is 5.82 Å². The Balaban J connectivity index is 2.29. The lowest BCUT2D eigenvalue weighted by Gasteiger charge is -2.20. The average Bonchev–Trinajstić information content (AvgIpc) is 2.39. The lowest BCUT2D eigenvalue weighted by molar-refractivity contribution is 0.0942. The molecule has 0 spiro atoms. The van der Waals surface area contributed by atoms with E-state index in [9.17, 15) is 13.6 Å². The number of nitrogens with two attached hydrogens (primary N) is 1. The highest BCUT2D eigenvalue weighted by Gasteiger charge is 2.22. The maximum atomic E-state index is 13.4. The Morgan fingerprint density at radius 1 is 1.53 bits per heavy atom. The first-order valence-corrected chi connectivity index (χ1v) is 5.87. The summed E-state index contributed by atoms with van der Waals surface area (Å²) in [6.07, 6.45) is 0.893. The fourth-order valence-corrected chi connectivity index (χ4v) is 1.91. The van der Waals surface area contributed by atoms with Crippen molar-refractivity contribution in [1.82, 2.24) is 5.32 Å². The predicted molar refractivity (Wildman–Crippen MR) is 66.2 cm³/mol. The van der Waals surface area contributed by atoms with Gasteiger partial charge < -0.3 is 15.8 Å². The molecule has 0 unspecified atom stereocenters. The number of carbonyl (C=O) groups excluding carboxylic acids is 1. The lowest BCUT2D eigenvalue weighted by atomic mass is 9.99. The zero-order chi connectivity index (χ0) is 13.8. The normalized spacial score (nSPS) is 14.9. The molecule has 3 N–H and O–H groups in total. The van der Waals surface area contributed by atoms with Gasteiger partial charge in [0.25, 0.3) is 5.91 Å². The van der Waals surface area contributed by atoms with Crippen LogP contribution in [0.1, 0.15) is 15.9 Å². The first kappa shape index (κ1) is 13.5. The zero-order valence-electron chi connectivity index (χ0n) is 10.2. The van der Waals surface area contributed by atoms with Crippen molar-refractivity contribution in [2.75, 3.05) is 19.7 Å². The highest BCUT2D eigenvalue weighted by Crippen LogP contribution is 2.27. The minimum absolute atomic E-state index is 0.000201. The molecule has 0 aromatic heterocycles. The summed E-state index contributed by atoms with van der Waals surface area (Å²) in [6.45, 7) is 0.351. The smallest absolute Gasteiger partial charge is 0.255 e. The van der Waals surface area contributed by atoms with Crippen molar-refractivity contribution in [2.24, 2.45) is 5.73 Å². The van der Waals surface area contributed by atoms with Crippen molar-refractivity contribution in [3.05, 3.63) is 41.0 Å². The van der Waals surface area contributed by atoms with Gasteiger partial charge in [-0.25, -0.2) is 8.78 Å². The van der Waals surface area contributed by atoms with Gasteiger partial charge >= 0.3 is 0 Å². The molecule has 2 rings (SSSR count). The van der Waals surface area contributed by atoms with Crippen LogP contribution in [0.15, 0.2) is 24.0 Å². The summed E-state index contributed by atoms with van der Waals surface area (Å²) in [5.74, 6) is -0.684. The van der Waals surface area contributed by atoms with E-state index in [0.29, 0.717) is 30.4 Å². The average molecular weight is 268 g/mol. The van der Waals surface area contributed by atoms with Crippen molar-refractivity contribution >= 4 is 5.91 Å². The van der Waals surface area contributed by atoms with E-state index in [1.807, 2.05) is 0 Å². The molecule has 0 atom stereocenters. The number of hydrogen-bond donors (Lipinski definition) is 2. The molecule has 1 aromatic carbocycles. The van der Waals surface area contributed by atoms with E-state index in [-0.39, 0.29) is 30.4 Å². The van der Waals surface area contributed by atoms with E-state index in [2.05, 4.69) is 5.32 Å². The van der Waals surface area contributed by atoms with Crippen LogP contribution in [-0.2, 0) is 6.42 Å². The van der Waals surface area contributed by atoms with Crippen LogP contribution in [0.25, 0.3) is 0 Å². The van der Waals surface area contributed by atoms with Gasteiger partial charge in [-0.3, -0.25) is 4.79 Å². The summed E-state index contributed by atoms with van der Waals surface area (Å²) < 4.78 is 31.1. The third-order valence-corrected chi connectivity index (χ3v) is 2.89. The SMILES string of the molecule is NC/C(=C/F)COc1cc(F)cc2c1C(=O)NCC2. The molecular formula is C13H14F2N2O2. The molecule has 0 saturated carbocycles. The molecule has 0 bridgehead atoms. The lowest BCUT2D eigenvalue weighted by Crippen LogP contribution is -2.32. The van der Waals surface area contributed by atoms with E-state index >= 15 is 0 Å². The maximum absolute atomic E-state index is 13.4. The number of ether oxygens (including phenoxy) is 1. The highest BCUT2D eigenvalue weighted by atomic mass is 19.1. The van der Waals surface area contributed by atoms with Gasteiger partial charge in [0, 0.05) is 24.7 Å². The van der Waals surface area contributed by atoms with Crippen molar-refractivity contribution < 1.29 is 18.3 Å². The monoisotopic (exact) mass is 268 g/mol. The van der Waals surface area contributed by atoms with Crippen LogP contribution < -0.4 is 15.8 Å². The predicted octanol–water partition coefficient (Wildman–Crippen LogP) is 1.30. The van der Waals surface area contributed by atoms with E-state index in [1.54, 1.807) is 0 Å². The van der Waals surface area contributed by atoms with Crippen LogP contribution in [0.4, 0.5) is 8.78 Å². The Labute approximate surface area is 109 Å².